The molecule has 0 aromatic heterocycles. The first-order valence-electron chi connectivity index (χ1n) is 14.8. The van der Waals surface area contributed by atoms with E-state index in [0.717, 1.165) is 37.8 Å². The Balaban J connectivity index is 1.47. The van der Waals surface area contributed by atoms with Gasteiger partial charge in [-0.1, -0.05) is 68.7 Å². The highest BCUT2D eigenvalue weighted by atomic mass is 16.5. The summed E-state index contributed by atoms with van der Waals surface area (Å²) in [7, 11) is 1.69. The van der Waals surface area contributed by atoms with Crippen molar-refractivity contribution in [3.05, 3.63) is 84.4 Å². The van der Waals surface area contributed by atoms with E-state index >= 15 is 0 Å². The second kappa shape index (κ2) is 15.0. The molecule has 1 fully saturated rings. The molecule has 10 heteroatoms. The third-order valence-corrected chi connectivity index (χ3v) is 7.87. The van der Waals surface area contributed by atoms with Gasteiger partial charge in [-0.2, -0.15) is 0 Å². The summed E-state index contributed by atoms with van der Waals surface area (Å²) in [6.07, 6.45) is 5.10. The van der Waals surface area contributed by atoms with Crippen molar-refractivity contribution in [3.63, 3.8) is 0 Å². The van der Waals surface area contributed by atoms with Crippen molar-refractivity contribution in [1.82, 2.24) is 5.32 Å². The number of nitrogens with zero attached hydrogens (tertiary/aromatic N) is 2. The average Bonchev–Trinajstić information content (AvgIpc) is 3.02. The maximum absolute atomic E-state index is 13.8. The number of carboxylic acids is 1. The Labute approximate surface area is 258 Å². The number of para-hydroxylation sites is 3. The largest absolute Gasteiger partial charge is 0.482 e. The summed E-state index contributed by atoms with van der Waals surface area (Å²) in [6, 6.07) is 22.4. The Hall–Kier alpha value is -4.86. The van der Waals surface area contributed by atoms with Crippen LogP contribution in [0.15, 0.2) is 78.9 Å². The van der Waals surface area contributed by atoms with Crippen LogP contribution in [0.2, 0.25) is 0 Å². The highest BCUT2D eigenvalue weighted by Gasteiger charge is 2.33. The molecule has 0 saturated heterocycles. The topological polar surface area (TPSA) is 128 Å². The first-order chi connectivity index (χ1) is 21.1. The third-order valence-electron chi connectivity index (χ3n) is 7.87. The number of benzene rings is 3. The fourth-order valence-corrected chi connectivity index (χ4v) is 5.45. The van der Waals surface area contributed by atoms with Gasteiger partial charge in [-0.3, -0.25) is 14.4 Å². The zero-order valence-corrected chi connectivity index (χ0v) is 25.3. The van der Waals surface area contributed by atoms with Gasteiger partial charge in [0.05, 0.1) is 18.7 Å². The summed E-state index contributed by atoms with van der Waals surface area (Å²) in [5.41, 5.74) is 2.13. The number of nitrogens with one attached hydrogen (secondary N) is 2. The number of carboxylic acid groups (broad SMARTS) is 1. The van der Waals surface area contributed by atoms with E-state index in [1.54, 1.807) is 54.4 Å². The second-order valence-electron chi connectivity index (χ2n) is 11.5. The predicted octanol–water partition coefficient (Wildman–Crippen LogP) is 5.48. The number of urea groups is 1. The summed E-state index contributed by atoms with van der Waals surface area (Å²) in [6.45, 7) is 2.12. The fourth-order valence-electron chi connectivity index (χ4n) is 5.45. The smallest absolute Gasteiger partial charge is 0.319 e. The molecule has 3 aromatic carbocycles. The monoisotopic (exact) mass is 600 g/mol. The van der Waals surface area contributed by atoms with E-state index in [1.165, 1.54) is 4.90 Å². The van der Waals surface area contributed by atoms with Crippen LogP contribution in [0.1, 0.15) is 44.6 Å². The molecule has 0 radical (unpaired) electrons. The molecule has 4 amide bonds. The lowest BCUT2D eigenvalue weighted by atomic mass is 9.75. The average molecular weight is 601 g/mol. The summed E-state index contributed by atoms with van der Waals surface area (Å²) in [5.74, 6) is -1.14. The van der Waals surface area contributed by atoms with Crippen LogP contribution in [0.5, 0.6) is 5.75 Å². The van der Waals surface area contributed by atoms with Crippen molar-refractivity contribution in [2.24, 2.45) is 5.41 Å². The molecule has 0 unspecified atom stereocenters. The van der Waals surface area contributed by atoms with Crippen molar-refractivity contribution in [2.75, 3.05) is 41.9 Å². The Kier molecular flexibility index (Phi) is 11.0. The molecule has 4 rings (SSSR count). The Morgan fingerprint density at radius 1 is 0.886 bits per heavy atom. The highest BCUT2D eigenvalue weighted by Crippen LogP contribution is 2.39. The van der Waals surface area contributed by atoms with Crippen LogP contribution in [-0.4, -0.2) is 55.7 Å². The van der Waals surface area contributed by atoms with Gasteiger partial charge in [0.1, 0.15) is 5.75 Å². The number of amides is 4. The number of carbonyl (C=O) groups excluding carboxylic acids is 3. The van der Waals surface area contributed by atoms with Crippen LogP contribution < -0.4 is 25.2 Å². The number of carbonyl (C=O) groups is 4. The molecule has 1 aliphatic rings. The zero-order chi connectivity index (χ0) is 31.5. The van der Waals surface area contributed by atoms with Gasteiger partial charge in [0.25, 0.3) is 5.91 Å². The molecule has 3 aromatic rings. The van der Waals surface area contributed by atoms with Gasteiger partial charge in [-0.05, 0) is 60.2 Å². The fraction of sp³-hybridized carbons (Fsp3) is 0.353. The minimum Gasteiger partial charge on any atom is -0.482 e. The van der Waals surface area contributed by atoms with Crippen molar-refractivity contribution in [1.29, 1.82) is 0 Å². The molecule has 1 saturated carbocycles. The van der Waals surface area contributed by atoms with Gasteiger partial charge in [-0.25, -0.2) is 4.79 Å². The van der Waals surface area contributed by atoms with E-state index in [4.69, 9.17) is 9.84 Å². The summed E-state index contributed by atoms with van der Waals surface area (Å²) in [5, 5.41) is 14.3. The van der Waals surface area contributed by atoms with Crippen molar-refractivity contribution in [3.8, 4) is 5.75 Å². The molecule has 0 bridgehead atoms. The van der Waals surface area contributed by atoms with Crippen LogP contribution in [0.4, 0.5) is 21.9 Å². The molecule has 1 aliphatic carbocycles. The third kappa shape index (κ3) is 9.07. The van der Waals surface area contributed by atoms with E-state index in [1.807, 2.05) is 36.4 Å². The molecular formula is C34H40N4O6. The predicted molar refractivity (Wildman–Crippen MR) is 170 cm³/mol. The molecule has 0 aliphatic heterocycles. The molecule has 3 N–H and O–H groups in total. The second-order valence-corrected chi connectivity index (χ2v) is 11.5. The maximum atomic E-state index is 13.8. The van der Waals surface area contributed by atoms with Gasteiger partial charge in [0, 0.05) is 25.0 Å². The molecule has 232 valence electrons. The lowest BCUT2D eigenvalue weighted by molar-refractivity contribution is -0.136. The SMILES string of the molecule is CN(C(=O)COc1ccccc1N(CC1(C)CCCCC1)C(=O)CNC(=O)Nc1cccc(CC(=O)O)c1)c1ccccc1. The van der Waals surface area contributed by atoms with E-state index < -0.39 is 12.0 Å². The number of ether oxygens (including phenoxy) is 1. The number of anilines is 3. The Morgan fingerprint density at radius 3 is 2.32 bits per heavy atom. The van der Waals surface area contributed by atoms with Crippen molar-refractivity contribution in [2.45, 2.75) is 45.4 Å². The standard InChI is InChI=1S/C34H40N4O6/c1-34(18-9-4-10-19-34)24-38(30(39)22-35-33(43)36-26-13-11-12-25(20-26)21-32(41)42)28-16-7-8-17-29(28)44-23-31(40)37(2)27-14-5-3-6-15-27/h3,5-8,11-17,20H,4,9-10,18-19,21-24H2,1-2H3,(H,41,42)(H2,35,36,43). The molecule has 0 spiro atoms. The van der Waals surface area contributed by atoms with Gasteiger partial charge in [0.15, 0.2) is 6.61 Å². The summed E-state index contributed by atoms with van der Waals surface area (Å²) < 4.78 is 6.01. The lowest BCUT2D eigenvalue weighted by Crippen LogP contribution is -2.46. The van der Waals surface area contributed by atoms with Gasteiger partial charge in [-0.15, -0.1) is 0 Å². The van der Waals surface area contributed by atoms with Crippen LogP contribution in [0.3, 0.4) is 0 Å². The van der Waals surface area contributed by atoms with Crippen molar-refractivity contribution >= 4 is 40.9 Å². The molecule has 10 nitrogen and oxygen atoms in total. The molecule has 0 atom stereocenters. The minimum atomic E-state index is -0.971. The van der Waals surface area contributed by atoms with Crippen LogP contribution in [0.25, 0.3) is 0 Å². The minimum absolute atomic E-state index is 0.114. The summed E-state index contributed by atoms with van der Waals surface area (Å²) in [4.78, 5) is 53.6. The number of likely N-dealkylation sites (N-methyl/N-ethyl adjacent to an activating group) is 1. The lowest BCUT2D eigenvalue weighted by Gasteiger charge is -2.38. The van der Waals surface area contributed by atoms with Crippen molar-refractivity contribution < 1.29 is 29.0 Å². The summed E-state index contributed by atoms with van der Waals surface area (Å²) >= 11 is 0. The first kappa shape index (κ1) is 32.1. The van der Waals surface area contributed by atoms with Gasteiger partial charge >= 0.3 is 12.0 Å². The van der Waals surface area contributed by atoms with Gasteiger partial charge < -0.3 is 30.3 Å². The Morgan fingerprint density at radius 2 is 1.59 bits per heavy atom. The normalized spacial score (nSPS) is 13.8. The van der Waals surface area contributed by atoms with Crippen LogP contribution in [-0.2, 0) is 20.8 Å². The van der Waals surface area contributed by atoms with Crippen LogP contribution >= 0.6 is 0 Å². The zero-order valence-electron chi connectivity index (χ0n) is 25.3. The maximum Gasteiger partial charge on any atom is 0.319 e. The van der Waals surface area contributed by atoms with E-state index in [2.05, 4.69) is 17.6 Å². The molecular weight excluding hydrogens is 560 g/mol. The number of rotatable bonds is 12. The number of hydrogen-bond acceptors (Lipinski definition) is 5. The molecule has 44 heavy (non-hydrogen) atoms. The number of aliphatic carboxylic acids is 1. The van der Waals surface area contributed by atoms with Gasteiger partial charge in [0.2, 0.25) is 5.91 Å². The van der Waals surface area contributed by atoms with E-state index in [9.17, 15) is 19.2 Å². The molecule has 0 heterocycles. The van der Waals surface area contributed by atoms with Crippen LogP contribution in [0, 0.1) is 5.41 Å². The van der Waals surface area contributed by atoms with E-state index in [0.29, 0.717) is 29.2 Å². The number of hydrogen-bond donors (Lipinski definition) is 3. The van der Waals surface area contributed by atoms with E-state index in [-0.39, 0.29) is 36.8 Å². The Bertz CT molecular complexity index is 1450. The highest BCUT2D eigenvalue weighted by molar-refractivity contribution is 6.00. The first-order valence-corrected chi connectivity index (χ1v) is 14.8. The quantitative estimate of drug-likeness (QED) is 0.253.